The first kappa shape index (κ1) is 34.3. The second-order valence-electron chi connectivity index (χ2n) is 11.6. The quantitative estimate of drug-likeness (QED) is 0.0597. The van der Waals surface area contributed by atoms with Gasteiger partial charge in [-0.3, -0.25) is 4.79 Å². The number of anilines is 1. The van der Waals surface area contributed by atoms with Crippen LogP contribution in [0.5, 0.6) is 5.75 Å². The molecule has 0 aromatic heterocycles. The molecule has 2 atom stereocenters. The minimum atomic E-state index is -1.58. The van der Waals surface area contributed by atoms with Gasteiger partial charge >= 0.3 is 0 Å². The average Bonchev–Trinajstić information content (AvgIpc) is 3.51. The Morgan fingerprint density at radius 1 is 0.980 bits per heavy atom. The van der Waals surface area contributed by atoms with Crippen molar-refractivity contribution in [3.63, 3.8) is 0 Å². The maximum absolute atomic E-state index is 14.7. The van der Waals surface area contributed by atoms with Crippen molar-refractivity contribution in [2.24, 2.45) is 15.2 Å². The second kappa shape index (κ2) is 16.2. The van der Waals surface area contributed by atoms with E-state index in [-0.39, 0.29) is 32.0 Å². The summed E-state index contributed by atoms with van der Waals surface area (Å²) in [7, 11) is 3.92. The molecule has 0 aliphatic carbocycles. The Morgan fingerprint density at radius 3 is 2.39 bits per heavy atom. The van der Waals surface area contributed by atoms with Gasteiger partial charge in [0, 0.05) is 66.9 Å². The standard InChI is InChI=1S/C36H37N9O4/c1-45(2)29-16-12-25(13-17-29)23-39-35(47)36(22-27-8-4-6-11-32(27)42-44-38)33(31-10-5-3-9-28(31)24-40-43-37)49-34(41-36)26-14-18-30(19-15-26)48-21-7-20-46/h3-6,8-19,33,46H,7,20-24H2,1-2H3,(H,39,47)/t33-,36-/m1/s1. The Balaban J connectivity index is 1.62. The fourth-order valence-corrected chi connectivity index (χ4v) is 5.64. The SMILES string of the molecule is CN(C)c1ccc(CNC(=O)[C@]2(Cc3ccccc3N=[N+]=[N-])N=C(c3ccc(OCCCO)cc3)O[C@@H]2c2ccccc2CN=[N+]=[N-])cc1. The van der Waals surface area contributed by atoms with E-state index in [9.17, 15) is 10.3 Å². The molecule has 0 saturated carbocycles. The van der Waals surface area contributed by atoms with Gasteiger partial charge in [-0.05, 0) is 69.7 Å². The van der Waals surface area contributed by atoms with Crippen LogP contribution >= 0.6 is 0 Å². The lowest BCUT2D eigenvalue weighted by molar-refractivity contribution is -0.129. The van der Waals surface area contributed by atoms with Crippen LogP contribution in [0.15, 0.2) is 112 Å². The van der Waals surface area contributed by atoms with Gasteiger partial charge in [0.2, 0.25) is 5.90 Å². The van der Waals surface area contributed by atoms with Crippen molar-refractivity contribution in [1.82, 2.24) is 5.32 Å². The Morgan fingerprint density at radius 2 is 1.69 bits per heavy atom. The number of amides is 1. The third-order valence-electron chi connectivity index (χ3n) is 8.18. The Kier molecular flexibility index (Phi) is 11.4. The van der Waals surface area contributed by atoms with Gasteiger partial charge in [0.1, 0.15) is 5.75 Å². The predicted octanol–water partition coefficient (Wildman–Crippen LogP) is 7.08. The average molecular weight is 660 g/mol. The summed E-state index contributed by atoms with van der Waals surface area (Å²) in [5.41, 5.74) is 21.7. The molecule has 4 aromatic carbocycles. The predicted molar refractivity (Wildman–Crippen MR) is 188 cm³/mol. The molecule has 1 aliphatic rings. The zero-order valence-corrected chi connectivity index (χ0v) is 27.3. The number of azide groups is 2. The van der Waals surface area contributed by atoms with Crippen molar-refractivity contribution in [2.45, 2.75) is 37.6 Å². The van der Waals surface area contributed by atoms with Crippen molar-refractivity contribution < 1.29 is 19.4 Å². The molecule has 250 valence electrons. The highest BCUT2D eigenvalue weighted by Gasteiger charge is 2.54. The molecule has 1 heterocycles. The minimum Gasteiger partial charge on any atom is -0.494 e. The summed E-state index contributed by atoms with van der Waals surface area (Å²) in [5, 5.41) is 19.9. The fourth-order valence-electron chi connectivity index (χ4n) is 5.64. The maximum atomic E-state index is 14.7. The van der Waals surface area contributed by atoms with Crippen LogP contribution in [-0.2, 0) is 29.0 Å². The summed E-state index contributed by atoms with van der Waals surface area (Å²) in [4.78, 5) is 27.8. The highest BCUT2D eigenvalue weighted by molar-refractivity contribution is 6.01. The molecule has 2 N–H and O–H groups in total. The number of benzene rings is 4. The number of hydrogen-bond donors (Lipinski definition) is 2. The number of aliphatic hydroxyl groups excluding tert-OH is 1. The molecular weight excluding hydrogens is 622 g/mol. The zero-order valence-electron chi connectivity index (χ0n) is 27.3. The van der Waals surface area contributed by atoms with E-state index >= 15 is 0 Å². The zero-order chi connectivity index (χ0) is 34.6. The number of hydrogen-bond acceptors (Lipinski definition) is 8. The van der Waals surface area contributed by atoms with E-state index in [1.165, 1.54) is 0 Å². The summed E-state index contributed by atoms with van der Waals surface area (Å²) in [6, 6.07) is 29.4. The summed E-state index contributed by atoms with van der Waals surface area (Å²) in [6.45, 7) is 0.653. The van der Waals surface area contributed by atoms with Gasteiger partial charge in [0.15, 0.2) is 11.6 Å². The maximum Gasteiger partial charge on any atom is 0.252 e. The summed E-state index contributed by atoms with van der Waals surface area (Å²) in [5.74, 6) is 0.444. The van der Waals surface area contributed by atoms with E-state index in [1.807, 2.05) is 73.6 Å². The molecule has 0 bridgehead atoms. The van der Waals surface area contributed by atoms with Gasteiger partial charge in [-0.15, -0.1) is 0 Å². The first-order chi connectivity index (χ1) is 23.9. The van der Waals surface area contributed by atoms with Gasteiger partial charge < -0.3 is 24.8 Å². The van der Waals surface area contributed by atoms with E-state index in [4.69, 9.17) is 25.1 Å². The van der Waals surface area contributed by atoms with Crippen LogP contribution in [0.2, 0.25) is 0 Å². The number of carbonyl (C=O) groups excluding carboxylic acids is 1. The summed E-state index contributed by atoms with van der Waals surface area (Å²) >= 11 is 0. The van der Waals surface area contributed by atoms with Gasteiger partial charge in [0.25, 0.3) is 5.91 Å². The third kappa shape index (κ3) is 8.11. The molecule has 1 aliphatic heterocycles. The van der Waals surface area contributed by atoms with Crippen LogP contribution in [0.4, 0.5) is 11.4 Å². The summed E-state index contributed by atoms with van der Waals surface area (Å²) in [6.07, 6.45) is -0.424. The lowest BCUT2D eigenvalue weighted by atomic mass is 9.80. The van der Waals surface area contributed by atoms with Crippen molar-refractivity contribution in [1.29, 1.82) is 0 Å². The molecule has 0 spiro atoms. The fraction of sp³-hybridized carbons (Fsp3) is 0.278. The molecule has 0 fully saturated rings. The first-order valence-electron chi connectivity index (χ1n) is 15.8. The smallest absolute Gasteiger partial charge is 0.252 e. The molecule has 0 saturated heterocycles. The number of rotatable bonds is 15. The highest BCUT2D eigenvalue weighted by Crippen LogP contribution is 2.45. The molecule has 0 radical (unpaired) electrons. The van der Waals surface area contributed by atoms with Crippen molar-refractivity contribution in [3.8, 4) is 5.75 Å². The van der Waals surface area contributed by atoms with Crippen molar-refractivity contribution in [2.75, 3.05) is 32.2 Å². The third-order valence-corrected chi connectivity index (χ3v) is 8.18. The van der Waals surface area contributed by atoms with Crippen molar-refractivity contribution in [3.05, 3.63) is 146 Å². The van der Waals surface area contributed by atoms with E-state index in [0.29, 0.717) is 46.7 Å². The number of nitrogens with one attached hydrogen (secondary N) is 1. The van der Waals surface area contributed by atoms with Crippen molar-refractivity contribution >= 4 is 23.2 Å². The minimum absolute atomic E-state index is 0.0274. The number of ether oxygens (including phenoxy) is 2. The molecule has 1 amide bonds. The van der Waals surface area contributed by atoms with Crippen LogP contribution in [0.25, 0.3) is 20.9 Å². The van der Waals surface area contributed by atoms with Crippen LogP contribution in [0.1, 0.15) is 40.3 Å². The molecule has 5 rings (SSSR count). The van der Waals surface area contributed by atoms with Crippen LogP contribution < -0.4 is 15.0 Å². The number of aliphatic hydroxyl groups is 1. The Hall–Kier alpha value is -6.00. The van der Waals surface area contributed by atoms with Gasteiger partial charge in [-0.25, -0.2) is 4.99 Å². The lowest BCUT2D eigenvalue weighted by Gasteiger charge is -2.32. The Labute approximate surface area is 284 Å². The van der Waals surface area contributed by atoms with E-state index in [2.05, 4.69) is 25.4 Å². The van der Waals surface area contributed by atoms with E-state index in [1.54, 1.807) is 42.5 Å². The summed E-state index contributed by atoms with van der Waals surface area (Å²) < 4.78 is 12.4. The monoisotopic (exact) mass is 659 g/mol. The molecule has 13 heteroatoms. The van der Waals surface area contributed by atoms with E-state index in [0.717, 1.165) is 11.3 Å². The second-order valence-corrected chi connectivity index (χ2v) is 11.6. The Bertz CT molecular complexity index is 1880. The van der Waals surface area contributed by atoms with Crippen LogP contribution in [-0.4, -0.2) is 49.8 Å². The largest absolute Gasteiger partial charge is 0.494 e. The first-order valence-corrected chi connectivity index (χ1v) is 15.8. The lowest BCUT2D eigenvalue weighted by Crippen LogP contribution is -2.50. The van der Waals surface area contributed by atoms with Crippen LogP contribution in [0.3, 0.4) is 0 Å². The van der Waals surface area contributed by atoms with Gasteiger partial charge in [-0.2, -0.15) is 0 Å². The molecule has 13 nitrogen and oxygen atoms in total. The van der Waals surface area contributed by atoms with Crippen LogP contribution in [0, 0.1) is 0 Å². The molecule has 4 aromatic rings. The molecular formula is C36H37N9O4. The van der Waals surface area contributed by atoms with Gasteiger partial charge in [-0.1, -0.05) is 70.9 Å². The number of aliphatic imine (C=N–C) groups is 1. The normalized spacial score (nSPS) is 16.4. The molecule has 0 unspecified atom stereocenters. The topological polar surface area (TPSA) is 181 Å². The number of nitrogens with zero attached hydrogens (tertiary/aromatic N) is 8. The van der Waals surface area contributed by atoms with E-state index < -0.39 is 17.6 Å². The number of carbonyl (C=O) groups is 1. The van der Waals surface area contributed by atoms with Gasteiger partial charge in [0.05, 0.1) is 13.2 Å². The highest BCUT2D eigenvalue weighted by atomic mass is 16.5. The molecule has 49 heavy (non-hydrogen) atoms.